The maximum absolute atomic E-state index is 12.2. The molecule has 10 aliphatic heterocycles. The van der Waals surface area contributed by atoms with E-state index in [1.165, 1.54) is 85.9 Å². The molecule has 10 aromatic carbocycles. The van der Waals surface area contributed by atoms with E-state index in [9.17, 15) is 24.0 Å². The average molecular weight is 1800 g/mol. The van der Waals surface area contributed by atoms with Crippen molar-refractivity contribution in [2.45, 2.75) is 157 Å². The van der Waals surface area contributed by atoms with E-state index >= 15 is 0 Å². The molecule has 15 aromatic rings. The van der Waals surface area contributed by atoms with E-state index in [0.717, 1.165) is 215 Å². The van der Waals surface area contributed by atoms with Gasteiger partial charge in [0.15, 0.2) is 5.79 Å². The summed E-state index contributed by atoms with van der Waals surface area (Å²) >= 11 is 0. The Morgan fingerprint density at radius 2 is 0.657 bits per heavy atom. The molecule has 2 unspecified atom stereocenters. The fraction of sp³-hybridized carbons (Fsp3) is 0.346. The summed E-state index contributed by atoms with van der Waals surface area (Å²) in [5.74, 6) is 9.44. The van der Waals surface area contributed by atoms with Crippen LogP contribution in [0, 0.1) is 17.8 Å². The number of H-pyrrole nitrogens is 5. The number of aromatic amines is 5. The Hall–Kier alpha value is -13.4. The van der Waals surface area contributed by atoms with Gasteiger partial charge in [0, 0.05) is 112 Å². The predicted octanol–water partition coefficient (Wildman–Crippen LogP) is 19.5. The van der Waals surface area contributed by atoms with E-state index in [2.05, 4.69) is 185 Å². The Morgan fingerprint density at radius 1 is 0.358 bits per heavy atom. The largest absolute Gasteiger partial charge is 0.456 e. The van der Waals surface area contributed by atoms with Gasteiger partial charge in [-0.1, -0.05) is 94.3 Å². The van der Waals surface area contributed by atoms with Crippen LogP contribution in [0.1, 0.15) is 134 Å². The first-order valence-electron chi connectivity index (χ1n) is 47.3. The zero-order chi connectivity index (χ0) is 91.6. The van der Waals surface area contributed by atoms with Crippen molar-refractivity contribution in [1.82, 2.24) is 75.5 Å². The van der Waals surface area contributed by atoms with Gasteiger partial charge >= 0.3 is 0 Å². The van der Waals surface area contributed by atoms with Crippen LogP contribution >= 0.6 is 0 Å². The lowest BCUT2D eigenvalue weighted by atomic mass is 9.92. The molecular weight excluding hydrogens is 1690 g/mol. The van der Waals surface area contributed by atoms with Gasteiger partial charge in [0.1, 0.15) is 86.0 Å². The first-order valence-corrected chi connectivity index (χ1v) is 47.3. The summed E-state index contributed by atoms with van der Waals surface area (Å²) < 4.78 is 42.0. The number of nitrogens with one attached hydrogen (secondary N) is 5. The number of rotatable bonds is 14. The Morgan fingerprint density at radius 3 is 0.970 bits per heavy atom. The number of benzene rings is 10. The highest BCUT2D eigenvalue weighted by Crippen LogP contribution is 2.51. The standard InChI is InChI=1S/C23H25N3O2.C22H21N3O4.C21H21N3O2.C21H23N3O2.C20H19N3O2/c1-2-4-15-9-11-26(12-10-15)14-16-7-8-19-18(13-16)22-21-17(23(27)25-24-22)5-3-6-20(21)28-19;26-21-15-2-1-3-18-19(15)20(23-24-21)16-12-14(4-5-17(16)29-18)13-25-8-6-22(7-9-25)27-10-11-28-22;1-13-4-3-9-24(11-13)12-14-7-8-17-16(10-14)20-19-15(21(25)23-22-20)5-2-6-18(19)26-17;1-12(2)24(13(3)4)11-14-8-9-17-16(10-14)20-19-15(21(25)23-22-20)6-5-7-18(19)26-17;1-12-7-8-23(10-12)11-13-5-6-16-15(9-13)19-18-14(20(24)22-21-19)3-2-4-17(18)25-16/h3,5-8,13,15H,2,4,9-12,14H2,1H3,(H,25,27);1-5,12H,6-11,13H2,(H,24,26);2,5-8,10,13H,3-4,9,11-12H2,1H3,(H,23,25);5-10,12-13H,11H2,1-4H3,(H,23,25);2-6,9,12H,7-8,10-11H2,1H3,(H,22,24). The highest BCUT2D eigenvalue weighted by Gasteiger charge is 2.40. The van der Waals surface area contributed by atoms with Crippen molar-refractivity contribution in [3.8, 4) is 114 Å². The third kappa shape index (κ3) is 17.3. The third-order valence-corrected chi connectivity index (χ3v) is 27.9. The number of piperidine rings is 3. The van der Waals surface area contributed by atoms with Gasteiger partial charge in [-0.3, -0.25) is 48.5 Å². The Labute approximate surface area is 773 Å². The van der Waals surface area contributed by atoms with Gasteiger partial charge in [-0.2, -0.15) is 25.5 Å². The lowest BCUT2D eigenvalue weighted by Crippen LogP contribution is -2.44. The average Bonchev–Trinajstić information content (AvgIpc) is 1.02. The van der Waals surface area contributed by atoms with Crippen LogP contribution in [0.25, 0.3) is 110 Å². The van der Waals surface area contributed by atoms with E-state index in [1.807, 2.05) is 109 Å². The van der Waals surface area contributed by atoms with Gasteiger partial charge in [-0.25, -0.2) is 25.5 Å². The van der Waals surface area contributed by atoms with Crippen molar-refractivity contribution < 1.29 is 33.2 Å². The second kappa shape index (κ2) is 36.9. The molecule has 1 spiro atoms. The molecule has 134 heavy (non-hydrogen) atoms. The minimum Gasteiger partial charge on any atom is -0.456 e. The second-order valence-electron chi connectivity index (χ2n) is 37.9. The van der Waals surface area contributed by atoms with E-state index in [-0.39, 0.29) is 33.6 Å². The lowest BCUT2D eigenvalue weighted by molar-refractivity contribution is -0.185. The van der Waals surface area contributed by atoms with Gasteiger partial charge in [0.2, 0.25) is 0 Å². The van der Waals surface area contributed by atoms with Gasteiger partial charge in [-0.05, 0) is 253 Å². The maximum Gasteiger partial charge on any atom is 0.272 e. The molecule has 0 aliphatic carbocycles. The van der Waals surface area contributed by atoms with Gasteiger partial charge in [0.25, 0.3) is 27.8 Å². The number of nitrogens with zero attached hydrogens (tertiary/aromatic N) is 10. The van der Waals surface area contributed by atoms with Gasteiger partial charge in [0.05, 0.1) is 67.1 Å². The molecule has 0 radical (unpaired) electrons. The molecule has 0 saturated carbocycles. The first kappa shape index (κ1) is 87.3. The second-order valence-corrected chi connectivity index (χ2v) is 37.9. The summed E-state index contributed by atoms with van der Waals surface area (Å²) in [7, 11) is 0. The maximum atomic E-state index is 12.2. The van der Waals surface area contributed by atoms with Crippen LogP contribution in [0.15, 0.2) is 206 Å². The molecule has 5 saturated heterocycles. The smallest absolute Gasteiger partial charge is 0.272 e. The molecule has 27 nitrogen and oxygen atoms in total. The normalized spacial score (nSPS) is 17.6. The molecule has 0 bridgehead atoms. The van der Waals surface area contributed by atoms with E-state index < -0.39 is 0 Å². The third-order valence-electron chi connectivity index (χ3n) is 27.9. The highest BCUT2D eigenvalue weighted by atomic mass is 16.7. The fourth-order valence-corrected chi connectivity index (χ4v) is 21.2. The molecule has 0 amide bonds. The molecular formula is C107H109N15O12. The van der Waals surface area contributed by atoms with Crippen LogP contribution in [-0.2, 0) is 42.2 Å². The number of ether oxygens (including phenoxy) is 7. The molecule has 5 N–H and O–H groups in total. The predicted molar refractivity (Wildman–Crippen MR) is 520 cm³/mol. The summed E-state index contributed by atoms with van der Waals surface area (Å²) in [4.78, 5) is 73.1. The van der Waals surface area contributed by atoms with Crippen LogP contribution in [-0.4, -0.2) is 159 Å². The van der Waals surface area contributed by atoms with Gasteiger partial charge in [-0.15, -0.1) is 0 Å². The van der Waals surface area contributed by atoms with Crippen LogP contribution in [0.5, 0.6) is 57.5 Å². The number of hydrogen-bond donors (Lipinski definition) is 5. The summed E-state index contributed by atoms with van der Waals surface area (Å²) in [5, 5.41) is 41.9. The van der Waals surface area contributed by atoms with Crippen LogP contribution in [0.2, 0.25) is 0 Å². The summed E-state index contributed by atoms with van der Waals surface area (Å²) in [6, 6.07) is 60.0. The zero-order valence-corrected chi connectivity index (χ0v) is 76.5. The molecule has 27 heteroatoms. The number of fused-ring (bicyclic) bond motifs is 10. The van der Waals surface area contributed by atoms with Crippen molar-refractivity contribution >= 4 is 53.9 Å². The zero-order valence-electron chi connectivity index (χ0n) is 76.5. The van der Waals surface area contributed by atoms with Crippen LogP contribution < -0.4 is 51.5 Å². The van der Waals surface area contributed by atoms with E-state index in [1.54, 1.807) is 12.1 Å². The quantitative estimate of drug-likeness (QED) is 0.0675. The lowest BCUT2D eigenvalue weighted by Gasteiger charge is -2.37. The molecule has 5 aromatic heterocycles. The van der Waals surface area contributed by atoms with Crippen molar-refractivity contribution in [3.63, 3.8) is 0 Å². The summed E-state index contributed by atoms with van der Waals surface area (Å²) in [6.07, 6.45) is 10.9. The minimum absolute atomic E-state index is 0.182. The van der Waals surface area contributed by atoms with Crippen LogP contribution in [0.3, 0.4) is 0 Å². The first-order chi connectivity index (χ1) is 65.3. The summed E-state index contributed by atoms with van der Waals surface area (Å²) in [5.41, 5.74) is 13.8. The Bertz CT molecular complexity index is 7380. The number of hydrogen-bond acceptors (Lipinski definition) is 22. The van der Waals surface area contributed by atoms with Gasteiger partial charge < -0.3 is 33.2 Å². The topological polar surface area (TPSA) is 310 Å². The van der Waals surface area contributed by atoms with Crippen LogP contribution in [0.4, 0.5) is 0 Å². The summed E-state index contributed by atoms with van der Waals surface area (Å²) in [6.45, 7) is 30.5. The molecule has 25 rings (SSSR count). The van der Waals surface area contributed by atoms with E-state index in [4.69, 9.17) is 33.2 Å². The van der Waals surface area contributed by atoms with E-state index in [0.29, 0.717) is 81.0 Å². The number of aromatic nitrogens is 10. The highest BCUT2D eigenvalue weighted by molar-refractivity contribution is 6.06. The number of likely N-dealkylation sites (tertiary alicyclic amines) is 4. The molecule has 15 heterocycles. The molecule has 2 atom stereocenters. The minimum atomic E-state index is -0.352. The van der Waals surface area contributed by atoms with Crippen molar-refractivity contribution in [2.24, 2.45) is 17.8 Å². The molecule has 684 valence electrons. The molecule has 5 fully saturated rings. The Balaban J connectivity index is 0.000000101. The SMILES string of the molecule is CC(C)N(Cc1ccc2c(c1)-c1n[nH]c(=O)c3cccc(c13)O2)C(C)C.CC1CCCN(Cc2ccc3c(c2)-c2n[nH]c(=O)c4cccc(c24)O3)C1.CC1CCN(Cc2ccc3c(c2)-c2n[nH]c(=O)c4cccc(c24)O3)C1.CCCC1CCN(Cc2ccc3c(c2)-c2n[nH]c(=O)c4cccc(c24)O3)CC1.O=c1[nH]nc2c3c(cccc13)Oc1ccc(CN3CCC4(CC3)OCCO4)cc1-2. The van der Waals surface area contributed by atoms with Crippen molar-refractivity contribution in [3.05, 3.63) is 262 Å². The van der Waals surface area contributed by atoms with Crippen molar-refractivity contribution in [2.75, 3.05) is 65.6 Å². The van der Waals surface area contributed by atoms with Crippen molar-refractivity contribution in [1.29, 1.82) is 0 Å². The fourth-order valence-electron chi connectivity index (χ4n) is 21.2. The molecule has 10 aliphatic rings. The Kier molecular flexibility index (Phi) is 24.0. The monoisotopic (exact) mass is 1800 g/mol.